The molecule has 1 aromatic carbocycles. The van der Waals surface area contributed by atoms with E-state index in [9.17, 15) is 9.59 Å². The lowest BCUT2D eigenvalue weighted by atomic mass is 9.69. The monoisotopic (exact) mass is 315 g/mol. The normalized spacial score (nSPS) is 25.7. The second-order valence-corrected chi connectivity index (χ2v) is 8.03. The number of urea groups is 1. The molecule has 0 unspecified atom stereocenters. The number of benzene rings is 1. The maximum Gasteiger partial charge on any atom is 0.329 e. The number of anilines is 1. The number of nitrogens with zero attached hydrogens (tertiary/aromatic N) is 2. The van der Waals surface area contributed by atoms with Crippen LogP contribution < -0.4 is 10.2 Å². The van der Waals surface area contributed by atoms with Gasteiger partial charge in [0, 0.05) is 11.1 Å². The van der Waals surface area contributed by atoms with Gasteiger partial charge in [0.2, 0.25) is 0 Å². The zero-order chi connectivity index (χ0) is 17.0. The van der Waals surface area contributed by atoms with Gasteiger partial charge in [-0.3, -0.25) is 9.69 Å². The number of hydrogen-bond acceptors (Lipinski definition) is 3. The van der Waals surface area contributed by atoms with E-state index in [4.69, 9.17) is 0 Å². The number of rotatable bonds is 1. The predicted molar refractivity (Wildman–Crippen MR) is 90.3 cm³/mol. The first-order valence-corrected chi connectivity index (χ1v) is 8.05. The quantitative estimate of drug-likeness (QED) is 0.811. The number of para-hydroxylation sites is 1. The third-order valence-corrected chi connectivity index (χ3v) is 5.46. The van der Waals surface area contributed by atoms with Gasteiger partial charge in [0.05, 0.1) is 5.69 Å². The van der Waals surface area contributed by atoms with Crippen molar-refractivity contribution in [3.05, 3.63) is 30.3 Å². The summed E-state index contributed by atoms with van der Waals surface area (Å²) >= 11 is 0. The van der Waals surface area contributed by atoms with Crippen molar-refractivity contribution in [2.45, 2.75) is 57.2 Å². The number of nitrogens with one attached hydrogen (secondary N) is 1. The number of hydrogen-bond donors (Lipinski definition) is 1. The van der Waals surface area contributed by atoms with Crippen LogP contribution in [0.3, 0.4) is 0 Å². The molecule has 0 aliphatic carbocycles. The molecule has 0 bridgehead atoms. The van der Waals surface area contributed by atoms with Gasteiger partial charge in [-0.15, -0.1) is 0 Å². The summed E-state index contributed by atoms with van der Waals surface area (Å²) in [6.07, 6.45) is 1.21. The Bertz CT molecular complexity index is 633. The van der Waals surface area contributed by atoms with Crippen molar-refractivity contribution in [1.29, 1.82) is 0 Å². The summed E-state index contributed by atoms with van der Waals surface area (Å²) in [5.41, 5.74) is -0.567. The molecule has 1 spiro atoms. The fourth-order valence-electron chi connectivity index (χ4n) is 4.27. The summed E-state index contributed by atoms with van der Waals surface area (Å²) in [6, 6.07) is 8.81. The molecule has 5 heteroatoms. The first-order valence-electron chi connectivity index (χ1n) is 8.05. The van der Waals surface area contributed by atoms with Crippen LogP contribution in [0.15, 0.2) is 30.3 Å². The molecule has 1 N–H and O–H groups in total. The molecule has 1 aromatic rings. The van der Waals surface area contributed by atoms with Gasteiger partial charge in [-0.1, -0.05) is 18.2 Å². The van der Waals surface area contributed by atoms with Crippen molar-refractivity contribution in [3.8, 4) is 0 Å². The Kier molecular flexibility index (Phi) is 3.34. The van der Waals surface area contributed by atoms with E-state index in [2.05, 4.69) is 45.0 Å². The minimum absolute atomic E-state index is 0.136. The first-order chi connectivity index (χ1) is 10.6. The van der Waals surface area contributed by atoms with E-state index in [1.807, 2.05) is 18.2 Å². The third-order valence-electron chi connectivity index (χ3n) is 5.46. The molecule has 2 aliphatic rings. The van der Waals surface area contributed by atoms with Gasteiger partial charge in [0.15, 0.2) is 0 Å². The summed E-state index contributed by atoms with van der Waals surface area (Å²) in [5, 5.41) is 3.01. The van der Waals surface area contributed by atoms with Gasteiger partial charge in [0.25, 0.3) is 5.91 Å². The predicted octanol–water partition coefficient (Wildman–Crippen LogP) is 2.76. The summed E-state index contributed by atoms with van der Waals surface area (Å²) in [7, 11) is 2.09. The van der Waals surface area contributed by atoms with Crippen molar-refractivity contribution >= 4 is 17.6 Å². The number of piperidine rings is 1. The van der Waals surface area contributed by atoms with E-state index in [-0.39, 0.29) is 23.0 Å². The number of imide groups is 1. The minimum Gasteiger partial charge on any atom is -0.323 e. The fourth-order valence-corrected chi connectivity index (χ4v) is 4.27. The summed E-state index contributed by atoms with van der Waals surface area (Å²) in [6.45, 7) is 8.50. The Morgan fingerprint density at radius 3 is 2.00 bits per heavy atom. The minimum atomic E-state index is -0.827. The van der Waals surface area contributed by atoms with Gasteiger partial charge in [0.1, 0.15) is 5.54 Å². The highest BCUT2D eigenvalue weighted by molar-refractivity contribution is 6.23. The molecule has 0 atom stereocenters. The molecule has 0 saturated carbocycles. The smallest absolute Gasteiger partial charge is 0.323 e. The van der Waals surface area contributed by atoms with Gasteiger partial charge >= 0.3 is 6.03 Å². The van der Waals surface area contributed by atoms with Crippen LogP contribution in [0.4, 0.5) is 10.5 Å². The number of amides is 3. The molecular weight excluding hydrogens is 290 g/mol. The maximum absolute atomic E-state index is 13.2. The second-order valence-electron chi connectivity index (χ2n) is 8.03. The molecule has 124 valence electrons. The summed E-state index contributed by atoms with van der Waals surface area (Å²) in [4.78, 5) is 29.3. The molecule has 0 aromatic heterocycles. The topological polar surface area (TPSA) is 52.7 Å². The molecule has 2 saturated heterocycles. The SMILES string of the molecule is CN1C(C)(C)CC2(CC1(C)C)NC(=O)N(c1ccccc1)C2=O. The van der Waals surface area contributed by atoms with E-state index in [0.29, 0.717) is 18.5 Å². The number of likely N-dealkylation sites (tertiary alicyclic amines) is 1. The third kappa shape index (κ3) is 2.34. The average molecular weight is 315 g/mol. The second kappa shape index (κ2) is 4.81. The first kappa shape index (κ1) is 16.0. The van der Waals surface area contributed by atoms with Crippen molar-refractivity contribution in [2.75, 3.05) is 11.9 Å². The zero-order valence-electron chi connectivity index (χ0n) is 14.5. The summed E-state index contributed by atoms with van der Waals surface area (Å²) < 4.78 is 0. The standard InChI is InChI=1S/C18H25N3O2/c1-16(2)11-18(12-17(3,4)20(16)5)14(22)21(15(23)19-18)13-9-7-6-8-10-13/h6-10H,11-12H2,1-5H3,(H,19,23). The lowest BCUT2D eigenvalue weighted by Gasteiger charge is -2.56. The Morgan fingerprint density at radius 2 is 1.48 bits per heavy atom. The Balaban J connectivity index is 2.01. The van der Waals surface area contributed by atoms with Gasteiger partial charge < -0.3 is 5.32 Å². The van der Waals surface area contributed by atoms with E-state index in [0.717, 1.165) is 0 Å². The number of carbonyl (C=O) groups is 2. The molecule has 3 amide bonds. The molecule has 2 aliphatic heterocycles. The zero-order valence-corrected chi connectivity index (χ0v) is 14.5. The van der Waals surface area contributed by atoms with Crippen LogP contribution in [0.25, 0.3) is 0 Å². The molecule has 3 rings (SSSR count). The van der Waals surface area contributed by atoms with E-state index in [1.54, 1.807) is 12.1 Å². The van der Waals surface area contributed by atoms with Crippen molar-refractivity contribution in [3.63, 3.8) is 0 Å². The summed E-state index contributed by atoms with van der Waals surface area (Å²) in [5.74, 6) is -0.136. The van der Waals surface area contributed by atoms with Crippen LogP contribution in [0.1, 0.15) is 40.5 Å². The van der Waals surface area contributed by atoms with E-state index >= 15 is 0 Å². The average Bonchev–Trinajstić information content (AvgIpc) is 2.67. The molecule has 2 heterocycles. The van der Waals surface area contributed by atoms with Crippen LogP contribution in [-0.4, -0.2) is 40.5 Å². The Morgan fingerprint density at radius 1 is 0.957 bits per heavy atom. The molecular formula is C18H25N3O2. The Hall–Kier alpha value is -1.88. The van der Waals surface area contributed by atoms with Gasteiger partial charge in [-0.2, -0.15) is 0 Å². The van der Waals surface area contributed by atoms with Crippen LogP contribution in [0.2, 0.25) is 0 Å². The van der Waals surface area contributed by atoms with E-state index < -0.39 is 5.54 Å². The molecule has 2 fully saturated rings. The highest BCUT2D eigenvalue weighted by Crippen LogP contribution is 2.45. The van der Waals surface area contributed by atoms with Crippen molar-refractivity contribution in [1.82, 2.24) is 10.2 Å². The number of carbonyl (C=O) groups excluding carboxylic acids is 2. The molecule has 23 heavy (non-hydrogen) atoms. The van der Waals surface area contributed by atoms with Crippen LogP contribution >= 0.6 is 0 Å². The fraction of sp³-hybridized carbons (Fsp3) is 0.556. The van der Waals surface area contributed by atoms with Gasteiger partial charge in [-0.05, 0) is 59.7 Å². The lowest BCUT2D eigenvalue weighted by Crippen LogP contribution is -2.68. The van der Waals surface area contributed by atoms with Crippen molar-refractivity contribution in [2.24, 2.45) is 0 Å². The Labute approximate surface area is 137 Å². The largest absolute Gasteiger partial charge is 0.329 e. The van der Waals surface area contributed by atoms with Gasteiger partial charge in [-0.25, -0.2) is 9.69 Å². The lowest BCUT2D eigenvalue weighted by molar-refractivity contribution is -0.130. The molecule has 5 nitrogen and oxygen atoms in total. The molecule has 0 radical (unpaired) electrons. The van der Waals surface area contributed by atoms with Crippen LogP contribution in [0.5, 0.6) is 0 Å². The maximum atomic E-state index is 13.2. The van der Waals surface area contributed by atoms with E-state index in [1.165, 1.54) is 4.90 Å². The van der Waals surface area contributed by atoms with Crippen molar-refractivity contribution < 1.29 is 9.59 Å². The van der Waals surface area contributed by atoms with Crippen LogP contribution in [-0.2, 0) is 4.79 Å². The highest BCUT2D eigenvalue weighted by Gasteiger charge is 2.60. The van der Waals surface area contributed by atoms with Crippen LogP contribution in [0, 0.1) is 0 Å². The highest BCUT2D eigenvalue weighted by atomic mass is 16.2.